The van der Waals surface area contributed by atoms with Gasteiger partial charge in [0.2, 0.25) is 0 Å². The van der Waals surface area contributed by atoms with Gasteiger partial charge in [0.05, 0.1) is 0 Å². The molecular formula is C33H40O2. The van der Waals surface area contributed by atoms with Crippen LogP contribution < -0.4 is 9.47 Å². The fourth-order valence-electron chi connectivity index (χ4n) is 4.28. The van der Waals surface area contributed by atoms with E-state index < -0.39 is 0 Å². The highest BCUT2D eigenvalue weighted by atomic mass is 16.5. The van der Waals surface area contributed by atoms with Gasteiger partial charge in [0, 0.05) is 5.41 Å². The predicted octanol–water partition coefficient (Wildman–Crippen LogP) is 8.06. The fraction of sp³-hybridized carbons (Fsp3) is 0.273. The molecule has 0 N–H and O–H groups in total. The van der Waals surface area contributed by atoms with Gasteiger partial charge in [-0.05, 0) is 59.1 Å². The van der Waals surface area contributed by atoms with E-state index in [1.54, 1.807) is 12.2 Å². The van der Waals surface area contributed by atoms with Gasteiger partial charge in [0.1, 0.15) is 24.7 Å². The van der Waals surface area contributed by atoms with Gasteiger partial charge in [-0.3, -0.25) is 0 Å². The van der Waals surface area contributed by atoms with Crippen LogP contribution in [-0.4, -0.2) is 13.2 Å². The highest BCUT2D eigenvalue weighted by Crippen LogP contribution is 2.40. The molecule has 0 atom stereocenters. The maximum absolute atomic E-state index is 6.09. The molecule has 0 heterocycles. The van der Waals surface area contributed by atoms with E-state index in [9.17, 15) is 0 Å². The smallest absolute Gasteiger partial charge is 0.126 e. The minimum atomic E-state index is -0.272. The summed E-state index contributed by atoms with van der Waals surface area (Å²) in [4.78, 5) is 0. The van der Waals surface area contributed by atoms with Crippen molar-refractivity contribution in [2.45, 2.75) is 44.9 Å². The molecule has 0 spiro atoms. The van der Waals surface area contributed by atoms with Crippen molar-refractivity contribution in [3.8, 4) is 11.5 Å². The number of hydrogen-bond donors (Lipinski definition) is 0. The van der Waals surface area contributed by atoms with Crippen LogP contribution in [0.25, 0.3) is 0 Å². The van der Waals surface area contributed by atoms with Gasteiger partial charge in [-0.15, -0.1) is 26.3 Å². The van der Waals surface area contributed by atoms with Crippen molar-refractivity contribution in [1.29, 1.82) is 0 Å². The minimum Gasteiger partial charge on any atom is -0.489 e. The first-order valence-corrected chi connectivity index (χ1v) is 12.1. The zero-order valence-corrected chi connectivity index (χ0v) is 21.6. The second-order valence-electron chi connectivity index (χ2n) is 9.04. The van der Waals surface area contributed by atoms with E-state index in [4.69, 9.17) is 9.47 Å². The summed E-state index contributed by atoms with van der Waals surface area (Å²) < 4.78 is 12.2. The van der Waals surface area contributed by atoms with Crippen LogP contribution in [0.4, 0.5) is 0 Å². The molecule has 0 unspecified atom stereocenters. The van der Waals surface area contributed by atoms with Crippen LogP contribution in [0.15, 0.2) is 100 Å². The molecule has 2 aromatic rings. The Kier molecular flexibility index (Phi) is 10.6. The zero-order valence-electron chi connectivity index (χ0n) is 21.6. The highest BCUT2D eigenvalue weighted by molar-refractivity contribution is 5.54. The van der Waals surface area contributed by atoms with Crippen LogP contribution in [0.1, 0.15) is 47.2 Å². The third-order valence-corrected chi connectivity index (χ3v) is 6.08. The summed E-state index contributed by atoms with van der Waals surface area (Å²) >= 11 is 0. The van der Waals surface area contributed by atoms with E-state index in [-0.39, 0.29) is 5.41 Å². The van der Waals surface area contributed by atoms with Crippen LogP contribution in [-0.2, 0) is 31.1 Å². The Morgan fingerprint density at radius 2 is 0.829 bits per heavy atom. The maximum Gasteiger partial charge on any atom is 0.126 e. The fourth-order valence-corrected chi connectivity index (χ4v) is 4.28. The lowest BCUT2D eigenvalue weighted by Crippen LogP contribution is -2.21. The number of hydrogen-bond acceptors (Lipinski definition) is 2. The van der Waals surface area contributed by atoms with E-state index in [0.717, 1.165) is 59.4 Å². The molecule has 0 saturated heterocycles. The lowest BCUT2D eigenvalue weighted by Gasteiger charge is -2.30. The van der Waals surface area contributed by atoms with E-state index >= 15 is 0 Å². The summed E-state index contributed by atoms with van der Waals surface area (Å²) in [7, 11) is 0. The molecule has 0 amide bonds. The molecule has 0 bridgehead atoms. The van der Waals surface area contributed by atoms with Crippen LogP contribution in [0.5, 0.6) is 11.5 Å². The molecule has 0 saturated carbocycles. The topological polar surface area (TPSA) is 18.5 Å². The van der Waals surface area contributed by atoms with Crippen molar-refractivity contribution in [2.75, 3.05) is 13.2 Å². The Morgan fingerprint density at radius 3 is 1.06 bits per heavy atom. The molecule has 0 aliphatic heterocycles. The summed E-state index contributed by atoms with van der Waals surface area (Å²) in [5.41, 5.74) is 6.63. The zero-order chi connectivity index (χ0) is 25.8. The summed E-state index contributed by atoms with van der Waals surface area (Å²) in [6.45, 7) is 28.9. The standard InChI is InChI=1S/C33H40O2/c1-9-15-25-21-29(22-26(16-10-2)31(25)34-19-13-5)33(7,8)30-23-27(17-11-3)32(35-20-14-6)28(24-30)18-12-4/h9-14,21-24H,1-6,15-20H2,7-8H3. The van der Waals surface area contributed by atoms with Gasteiger partial charge >= 0.3 is 0 Å². The van der Waals surface area contributed by atoms with Gasteiger partial charge in [0.15, 0.2) is 0 Å². The average molecular weight is 469 g/mol. The quantitative estimate of drug-likeness (QED) is 0.232. The first kappa shape index (κ1) is 27.7. The second-order valence-corrected chi connectivity index (χ2v) is 9.04. The summed E-state index contributed by atoms with van der Waals surface area (Å²) in [5.74, 6) is 1.80. The largest absolute Gasteiger partial charge is 0.489 e. The van der Waals surface area contributed by atoms with Gasteiger partial charge in [-0.2, -0.15) is 0 Å². The Bertz CT molecular complexity index is 937. The number of allylic oxidation sites excluding steroid dienone is 4. The van der Waals surface area contributed by atoms with Crippen molar-refractivity contribution in [1.82, 2.24) is 0 Å². The Hall–Kier alpha value is -3.52. The lowest BCUT2D eigenvalue weighted by atomic mass is 9.75. The molecule has 0 aliphatic carbocycles. The number of benzene rings is 2. The second kappa shape index (κ2) is 13.4. The van der Waals surface area contributed by atoms with Gasteiger partial charge in [-0.25, -0.2) is 0 Å². The predicted molar refractivity (Wildman–Crippen MR) is 152 cm³/mol. The van der Waals surface area contributed by atoms with Crippen molar-refractivity contribution < 1.29 is 9.47 Å². The molecule has 2 rings (SSSR count). The molecule has 184 valence electrons. The summed E-state index contributed by atoms with van der Waals surface area (Å²) in [6, 6.07) is 8.98. The van der Waals surface area contributed by atoms with Crippen molar-refractivity contribution >= 4 is 0 Å². The van der Waals surface area contributed by atoms with Crippen LogP contribution in [0, 0.1) is 0 Å². The third-order valence-electron chi connectivity index (χ3n) is 6.08. The van der Waals surface area contributed by atoms with E-state index in [1.165, 1.54) is 11.1 Å². The molecule has 2 nitrogen and oxygen atoms in total. The van der Waals surface area contributed by atoms with Gasteiger partial charge < -0.3 is 9.47 Å². The molecule has 0 aliphatic rings. The van der Waals surface area contributed by atoms with Crippen LogP contribution in [0.3, 0.4) is 0 Å². The molecule has 35 heavy (non-hydrogen) atoms. The van der Waals surface area contributed by atoms with Crippen molar-refractivity contribution in [3.05, 3.63) is 134 Å². The Labute approximate surface area is 212 Å². The SMILES string of the molecule is C=CCOc1c(CC=C)cc(C(C)(C)c2cc(CC=C)c(OCC=C)c(CC=C)c2)cc1CC=C. The molecule has 2 aromatic carbocycles. The normalized spacial score (nSPS) is 10.8. The molecule has 0 fully saturated rings. The number of rotatable bonds is 16. The van der Waals surface area contributed by atoms with Crippen LogP contribution in [0.2, 0.25) is 0 Å². The molecule has 2 heteroatoms. The van der Waals surface area contributed by atoms with E-state index in [2.05, 4.69) is 77.6 Å². The minimum absolute atomic E-state index is 0.272. The third kappa shape index (κ3) is 6.76. The Balaban J connectivity index is 2.74. The average Bonchev–Trinajstić information content (AvgIpc) is 2.83. The Morgan fingerprint density at radius 1 is 0.543 bits per heavy atom. The van der Waals surface area contributed by atoms with Crippen LogP contribution >= 0.6 is 0 Å². The van der Waals surface area contributed by atoms with Crippen molar-refractivity contribution in [2.24, 2.45) is 0 Å². The highest BCUT2D eigenvalue weighted by Gasteiger charge is 2.28. The lowest BCUT2D eigenvalue weighted by molar-refractivity contribution is 0.355. The monoisotopic (exact) mass is 468 g/mol. The molecule has 0 aromatic heterocycles. The first-order chi connectivity index (χ1) is 16.9. The van der Waals surface area contributed by atoms with Gasteiger partial charge in [0.25, 0.3) is 0 Å². The van der Waals surface area contributed by atoms with E-state index in [1.807, 2.05) is 24.3 Å². The summed E-state index contributed by atoms with van der Waals surface area (Å²) in [5, 5.41) is 0. The molecular weight excluding hydrogens is 428 g/mol. The van der Waals surface area contributed by atoms with Gasteiger partial charge in [-0.1, -0.05) is 87.7 Å². The number of ether oxygens (including phenoxy) is 2. The maximum atomic E-state index is 6.09. The first-order valence-electron chi connectivity index (χ1n) is 12.1. The molecule has 0 radical (unpaired) electrons. The summed E-state index contributed by atoms with van der Waals surface area (Å²) in [6.07, 6.45) is 14.1. The van der Waals surface area contributed by atoms with Crippen molar-refractivity contribution in [3.63, 3.8) is 0 Å². The van der Waals surface area contributed by atoms with E-state index in [0.29, 0.717) is 13.2 Å².